The van der Waals surface area contributed by atoms with E-state index in [1.54, 1.807) is 6.20 Å². The van der Waals surface area contributed by atoms with E-state index in [4.69, 9.17) is 5.73 Å². The van der Waals surface area contributed by atoms with Crippen molar-refractivity contribution in [1.29, 1.82) is 0 Å². The second-order valence-corrected chi connectivity index (χ2v) is 3.75. The summed E-state index contributed by atoms with van der Waals surface area (Å²) in [6, 6.07) is 13.8. The predicted octanol–water partition coefficient (Wildman–Crippen LogP) is 1.88. The molecule has 2 heterocycles. The first kappa shape index (κ1) is 9.99. The van der Waals surface area contributed by atoms with Crippen LogP contribution in [0.4, 0.5) is 0 Å². The maximum atomic E-state index is 5.74. The summed E-state index contributed by atoms with van der Waals surface area (Å²) < 4.78 is 2.00. The highest BCUT2D eigenvalue weighted by atomic mass is 15.1. The quantitative estimate of drug-likeness (QED) is 0.723. The van der Waals surface area contributed by atoms with Crippen molar-refractivity contribution in [2.45, 2.75) is 6.54 Å². The molecule has 0 bridgehead atoms. The van der Waals surface area contributed by atoms with Gasteiger partial charge in [-0.1, -0.05) is 18.2 Å². The number of pyridine rings is 1. The minimum absolute atomic E-state index is 0.394. The van der Waals surface area contributed by atoms with Crippen molar-refractivity contribution < 1.29 is 0 Å². The van der Waals surface area contributed by atoms with Crippen molar-refractivity contribution in [3.63, 3.8) is 0 Å². The summed E-state index contributed by atoms with van der Waals surface area (Å²) in [7, 11) is 0. The van der Waals surface area contributed by atoms with Crippen LogP contribution in [-0.2, 0) is 6.54 Å². The van der Waals surface area contributed by atoms with Crippen molar-refractivity contribution in [1.82, 2.24) is 14.5 Å². The summed E-state index contributed by atoms with van der Waals surface area (Å²) in [4.78, 5) is 8.85. The molecule has 0 aliphatic carbocycles. The summed E-state index contributed by atoms with van der Waals surface area (Å²) >= 11 is 0. The molecule has 2 aromatic heterocycles. The average molecular weight is 224 g/mol. The van der Waals surface area contributed by atoms with Crippen LogP contribution in [-0.4, -0.2) is 14.5 Å². The Labute approximate surface area is 98.7 Å². The Morgan fingerprint density at radius 2 is 1.88 bits per heavy atom. The van der Waals surface area contributed by atoms with Gasteiger partial charge in [0, 0.05) is 11.9 Å². The number of rotatable bonds is 2. The number of hydrogen-bond acceptors (Lipinski definition) is 3. The Balaban J connectivity index is 2.34. The lowest BCUT2D eigenvalue weighted by Gasteiger charge is -2.06. The number of para-hydroxylation sites is 1. The van der Waals surface area contributed by atoms with Crippen LogP contribution in [0.5, 0.6) is 0 Å². The molecular formula is C13H12N4. The number of hydrogen-bond donors (Lipinski definition) is 1. The molecule has 0 spiro atoms. The van der Waals surface area contributed by atoms with Gasteiger partial charge in [-0.05, 0) is 24.3 Å². The highest BCUT2D eigenvalue weighted by Gasteiger charge is 2.11. The Morgan fingerprint density at radius 3 is 2.65 bits per heavy atom. The molecular weight excluding hydrogens is 212 g/mol. The number of imidazole rings is 1. The molecule has 4 nitrogen and oxygen atoms in total. The number of nitrogens with zero attached hydrogens (tertiary/aromatic N) is 3. The van der Waals surface area contributed by atoms with E-state index in [0.29, 0.717) is 6.54 Å². The van der Waals surface area contributed by atoms with E-state index >= 15 is 0 Å². The lowest BCUT2D eigenvalue weighted by Crippen LogP contribution is -2.06. The highest BCUT2D eigenvalue weighted by Crippen LogP contribution is 2.18. The summed E-state index contributed by atoms with van der Waals surface area (Å²) in [5, 5.41) is 0. The first-order valence-electron chi connectivity index (χ1n) is 5.48. The van der Waals surface area contributed by atoms with E-state index in [1.807, 2.05) is 47.0 Å². The Morgan fingerprint density at radius 1 is 1.06 bits per heavy atom. The van der Waals surface area contributed by atoms with Gasteiger partial charge in [0.15, 0.2) is 5.65 Å². The Hall–Kier alpha value is -2.20. The predicted molar refractivity (Wildman–Crippen MR) is 66.8 cm³/mol. The average Bonchev–Trinajstić information content (AvgIpc) is 2.78. The third kappa shape index (κ3) is 1.59. The van der Waals surface area contributed by atoms with Gasteiger partial charge < -0.3 is 5.73 Å². The standard InChI is InChI=1S/C13H12N4/c14-9-12-16-11-7-4-8-15-13(11)17(12)10-5-2-1-3-6-10/h1-8H,9,14H2. The summed E-state index contributed by atoms with van der Waals surface area (Å²) in [5.74, 6) is 0.824. The summed E-state index contributed by atoms with van der Waals surface area (Å²) in [5.41, 5.74) is 8.50. The largest absolute Gasteiger partial charge is 0.324 e. The van der Waals surface area contributed by atoms with Gasteiger partial charge in [0.2, 0.25) is 0 Å². The van der Waals surface area contributed by atoms with Crippen LogP contribution in [0.3, 0.4) is 0 Å². The molecule has 1 aromatic carbocycles. The van der Waals surface area contributed by atoms with Crippen LogP contribution in [0, 0.1) is 0 Å². The van der Waals surface area contributed by atoms with Gasteiger partial charge >= 0.3 is 0 Å². The normalized spacial score (nSPS) is 10.9. The minimum atomic E-state index is 0.394. The zero-order valence-corrected chi connectivity index (χ0v) is 9.24. The fourth-order valence-electron chi connectivity index (χ4n) is 1.94. The second-order valence-electron chi connectivity index (χ2n) is 3.75. The maximum absolute atomic E-state index is 5.74. The molecule has 0 fully saturated rings. The molecule has 0 aliphatic heterocycles. The van der Waals surface area contributed by atoms with Crippen molar-refractivity contribution in [3.05, 3.63) is 54.5 Å². The molecule has 0 atom stereocenters. The Bertz CT molecular complexity index is 643. The number of fused-ring (bicyclic) bond motifs is 1. The van der Waals surface area contributed by atoms with Crippen LogP contribution in [0.1, 0.15) is 5.82 Å². The van der Waals surface area contributed by atoms with E-state index in [-0.39, 0.29) is 0 Å². The monoisotopic (exact) mass is 224 g/mol. The number of nitrogens with two attached hydrogens (primary N) is 1. The topological polar surface area (TPSA) is 56.7 Å². The van der Waals surface area contributed by atoms with Crippen LogP contribution in [0.15, 0.2) is 48.7 Å². The smallest absolute Gasteiger partial charge is 0.164 e. The molecule has 0 aliphatic rings. The van der Waals surface area contributed by atoms with E-state index in [1.165, 1.54) is 0 Å². The molecule has 0 amide bonds. The van der Waals surface area contributed by atoms with Gasteiger partial charge in [-0.2, -0.15) is 0 Å². The first-order valence-corrected chi connectivity index (χ1v) is 5.48. The van der Waals surface area contributed by atoms with Crippen LogP contribution < -0.4 is 5.73 Å². The summed E-state index contributed by atoms with van der Waals surface area (Å²) in [6.07, 6.45) is 1.77. The van der Waals surface area contributed by atoms with Crippen LogP contribution in [0.2, 0.25) is 0 Å². The lowest BCUT2D eigenvalue weighted by molar-refractivity contribution is 0.877. The fourth-order valence-corrected chi connectivity index (χ4v) is 1.94. The molecule has 2 N–H and O–H groups in total. The second kappa shape index (κ2) is 3.99. The molecule has 0 saturated carbocycles. The third-order valence-electron chi connectivity index (χ3n) is 2.68. The van der Waals surface area contributed by atoms with Gasteiger partial charge in [-0.3, -0.25) is 4.57 Å². The molecule has 3 aromatic rings. The SMILES string of the molecule is NCc1nc2cccnc2n1-c1ccccc1. The maximum Gasteiger partial charge on any atom is 0.164 e. The van der Waals surface area contributed by atoms with Crippen molar-refractivity contribution in [2.75, 3.05) is 0 Å². The minimum Gasteiger partial charge on any atom is -0.324 e. The molecule has 84 valence electrons. The van der Waals surface area contributed by atoms with Gasteiger partial charge in [-0.15, -0.1) is 0 Å². The zero-order chi connectivity index (χ0) is 11.7. The molecule has 0 unspecified atom stereocenters. The first-order chi connectivity index (χ1) is 8.40. The van der Waals surface area contributed by atoms with Gasteiger partial charge in [-0.25, -0.2) is 9.97 Å². The van der Waals surface area contributed by atoms with Crippen molar-refractivity contribution in [3.8, 4) is 5.69 Å². The lowest BCUT2D eigenvalue weighted by atomic mass is 10.3. The van der Waals surface area contributed by atoms with E-state index < -0.39 is 0 Å². The number of benzene rings is 1. The highest BCUT2D eigenvalue weighted by molar-refractivity contribution is 5.73. The van der Waals surface area contributed by atoms with Crippen molar-refractivity contribution in [2.24, 2.45) is 5.73 Å². The summed E-state index contributed by atoms with van der Waals surface area (Å²) in [6.45, 7) is 0.394. The fraction of sp³-hybridized carbons (Fsp3) is 0.0769. The van der Waals surface area contributed by atoms with E-state index in [9.17, 15) is 0 Å². The molecule has 0 saturated heterocycles. The van der Waals surface area contributed by atoms with E-state index in [0.717, 1.165) is 22.7 Å². The molecule has 4 heteroatoms. The number of aromatic nitrogens is 3. The third-order valence-corrected chi connectivity index (χ3v) is 2.68. The molecule has 17 heavy (non-hydrogen) atoms. The van der Waals surface area contributed by atoms with Gasteiger partial charge in [0.05, 0.1) is 6.54 Å². The van der Waals surface area contributed by atoms with Gasteiger partial charge in [0.25, 0.3) is 0 Å². The zero-order valence-electron chi connectivity index (χ0n) is 9.24. The van der Waals surface area contributed by atoms with E-state index in [2.05, 4.69) is 9.97 Å². The van der Waals surface area contributed by atoms with Crippen molar-refractivity contribution >= 4 is 11.2 Å². The van der Waals surface area contributed by atoms with Crippen LogP contribution >= 0.6 is 0 Å². The Kier molecular flexibility index (Phi) is 2.34. The van der Waals surface area contributed by atoms with Crippen LogP contribution in [0.25, 0.3) is 16.9 Å². The molecule has 0 radical (unpaired) electrons. The molecule has 3 rings (SSSR count). The van der Waals surface area contributed by atoms with Gasteiger partial charge in [0.1, 0.15) is 11.3 Å².